The van der Waals surface area contributed by atoms with Gasteiger partial charge in [-0.05, 0) is 12.3 Å². The molecule has 0 saturated heterocycles. The van der Waals surface area contributed by atoms with Gasteiger partial charge in [0, 0.05) is 5.92 Å². The van der Waals surface area contributed by atoms with Crippen LogP contribution >= 0.6 is 0 Å². The summed E-state index contributed by atoms with van der Waals surface area (Å²) in [6.07, 6.45) is 0.900. The number of hydrogen-bond donors (Lipinski definition) is 1. The van der Waals surface area contributed by atoms with E-state index in [1.54, 1.807) is 0 Å². The summed E-state index contributed by atoms with van der Waals surface area (Å²) in [4.78, 5) is 0. The monoisotopic (exact) mass is 126 g/mol. The molecule has 1 aliphatic rings. The van der Waals surface area contributed by atoms with Crippen LogP contribution in [0.25, 0.3) is 0 Å². The maximum atomic E-state index is 9.38. The molecule has 0 radical (unpaired) electrons. The van der Waals surface area contributed by atoms with Crippen LogP contribution in [0.4, 0.5) is 0 Å². The van der Waals surface area contributed by atoms with Crippen molar-refractivity contribution in [3.8, 4) is 0 Å². The summed E-state index contributed by atoms with van der Waals surface area (Å²) in [7, 11) is 0. The fourth-order valence-corrected chi connectivity index (χ4v) is 1.05. The molecule has 0 aromatic rings. The van der Waals surface area contributed by atoms with Crippen LogP contribution in [0.15, 0.2) is 12.2 Å². The Morgan fingerprint density at radius 2 is 2.11 bits per heavy atom. The highest BCUT2D eigenvalue weighted by molar-refractivity contribution is 5.21. The molecule has 9 heavy (non-hydrogen) atoms. The van der Waals surface area contributed by atoms with Crippen molar-refractivity contribution in [2.45, 2.75) is 26.4 Å². The van der Waals surface area contributed by atoms with Crippen molar-refractivity contribution in [3.05, 3.63) is 12.2 Å². The second kappa shape index (κ2) is 2.14. The van der Waals surface area contributed by atoms with Crippen molar-refractivity contribution in [2.75, 3.05) is 0 Å². The van der Waals surface area contributed by atoms with Gasteiger partial charge in [-0.2, -0.15) is 0 Å². The zero-order valence-corrected chi connectivity index (χ0v) is 6.09. The van der Waals surface area contributed by atoms with E-state index in [0.29, 0.717) is 11.8 Å². The first kappa shape index (κ1) is 6.81. The van der Waals surface area contributed by atoms with Gasteiger partial charge < -0.3 is 5.11 Å². The van der Waals surface area contributed by atoms with Gasteiger partial charge in [0.05, 0.1) is 6.10 Å². The summed E-state index contributed by atoms with van der Waals surface area (Å²) in [5.41, 5.74) is 1.22. The first-order valence-corrected chi connectivity index (χ1v) is 3.48. The molecular formula is C8H14O. The third-order valence-electron chi connectivity index (χ3n) is 1.94. The van der Waals surface area contributed by atoms with E-state index in [1.165, 1.54) is 5.57 Å². The van der Waals surface area contributed by atoms with E-state index in [0.717, 1.165) is 6.42 Å². The van der Waals surface area contributed by atoms with Gasteiger partial charge in [-0.1, -0.05) is 26.0 Å². The van der Waals surface area contributed by atoms with Crippen LogP contribution in [0.1, 0.15) is 20.3 Å². The molecule has 2 atom stereocenters. The van der Waals surface area contributed by atoms with Crippen molar-refractivity contribution in [2.24, 2.45) is 11.8 Å². The van der Waals surface area contributed by atoms with E-state index in [4.69, 9.17) is 0 Å². The van der Waals surface area contributed by atoms with Gasteiger partial charge in [0.1, 0.15) is 0 Å². The standard InChI is InChI=1S/C8H14O/c1-5(2)8(9)7-4-6(7)3/h5,7-9H,3-4H2,1-2H3/t7-,8-/m0/s1. The normalized spacial score (nSPS) is 28.9. The number of aliphatic hydroxyl groups excluding tert-OH is 1. The highest BCUT2D eigenvalue weighted by Crippen LogP contribution is 2.40. The fraction of sp³-hybridized carbons (Fsp3) is 0.750. The summed E-state index contributed by atoms with van der Waals surface area (Å²) < 4.78 is 0. The first-order valence-electron chi connectivity index (χ1n) is 3.48. The number of aliphatic hydroxyl groups is 1. The Morgan fingerprint density at radius 1 is 1.67 bits per heavy atom. The average molecular weight is 126 g/mol. The van der Waals surface area contributed by atoms with Crippen molar-refractivity contribution in [1.29, 1.82) is 0 Å². The molecular weight excluding hydrogens is 112 g/mol. The van der Waals surface area contributed by atoms with E-state index in [2.05, 4.69) is 6.58 Å². The molecule has 0 aliphatic heterocycles. The number of rotatable bonds is 2. The van der Waals surface area contributed by atoms with Crippen LogP contribution in [0.5, 0.6) is 0 Å². The van der Waals surface area contributed by atoms with Crippen LogP contribution in [-0.4, -0.2) is 11.2 Å². The summed E-state index contributed by atoms with van der Waals surface area (Å²) >= 11 is 0. The lowest BCUT2D eigenvalue weighted by Gasteiger charge is -2.11. The van der Waals surface area contributed by atoms with E-state index in [1.807, 2.05) is 13.8 Å². The molecule has 1 rings (SSSR count). The smallest absolute Gasteiger partial charge is 0.0631 e. The van der Waals surface area contributed by atoms with Crippen LogP contribution in [0.3, 0.4) is 0 Å². The molecule has 0 bridgehead atoms. The zero-order valence-electron chi connectivity index (χ0n) is 6.09. The predicted molar refractivity (Wildman–Crippen MR) is 38.1 cm³/mol. The summed E-state index contributed by atoms with van der Waals surface area (Å²) in [5.74, 6) is 0.805. The summed E-state index contributed by atoms with van der Waals surface area (Å²) in [6.45, 7) is 7.87. The second-order valence-corrected chi connectivity index (χ2v) is 3.20. The van der Waals surface area contributed by atoms with Gasteiger partial charge in [0.2, 0.25) is 0 Å². The molecule has 0 heterocycles. The fourth-order valence-electron chi connectivity index (χ4n) is 1.05. The van der Waals surface area contributed by atoms with Gasteiger partial charge in [-0.3, -0.25) is 0 Å². The SMILES string of the molecule is C=C1C[C@@H]1[C@@H](O)C(C)C. The molecule has 0 spiro atoms. The third kappa shape index (κ3) is 1.33. The predicted octanol–water partition coefficient (Wildman–Crippen LogP) is 1.58. The molecule has 1 fully saturated rings. The number of hydrogen-bond acceptors (Lipinski definition) is 1. The lowest BCUT2D eigenvalue weighted by atomic mass is 10.0. The highest BCUT2D eigenvalue weighted by atomic mass is 16.3. The molecule has 1 heteroatoms. The van der Waals surface area contributed by atoms with Crippen LogP contribution in [0, 0.1) is 11.8 Å². The Balaban J connectivity index is 2.35. The van der Waals surface area contributed by atoms with Crippen molar-refractivity contribution < 1.29 is 5.11 Å². The van der Waals surface area contributed by atoms with Crippen LogP contribution in [0.2, 0.25) is 0 Å². The van der Waals surface area contributed by atoms with E-state index >= 15 is 0 Å². The van der Waals surface area contributed by atoms with Crippen molar-refractivity contribution in [3.63, 3.8) is 0 Å². The Hall–Kier alpha value is -0.300. The van der Waals surface area contributed by atoms with E-state index in [9.17, 15) is 5.11 Å². The molecule has 1 aliphatic carbocycles. The second-order valence-electron chi connectivity index (χ2n) is 3.20. The van der Waals surface area contributed by atoms with Gasteiger partial charge in [0.15, 0.2) is 0 Å². The molecule has 0 amide bonds. The maximum Gasteiger partial charge on any atom is 0.0631 e. The van der Waals surface area contributed by atoms with Crippen LogP contribution < -0.4 is 0 Å². The van der Waals surface area contributed by atoms with Gasteiger partial charge >= 0.3 is 0 Å². The van der Waals surface area contributed by atoms with Gasteiger partial charge in [-0.15, -0.1) is 0 Å². The Morgan fingerprint density at radius 3 is 2.22 bits per heavy atom. The minimum Gasteiger partial charge on any atom is -0.392 e. The van der Waals surface area contributed by atoms with Gasteiger partial charge in [0.25, 0.3) is 0 Å². The lowest BCUT2D eigenvalue weighted by Crippen LogP contribution is -2.16. The molecule has 0 aromatic heterocycles. The molecule has 1 N–H and O–H groups in total. The van der Waals surface area contributed by atoms with E-state index < -0.39 is 0 Å². The minimum atomic E-state index is -0.141. The highest BCUT2D eigenvalue weighted by Gasteiger charge is 2.35. The lowest BCUT2D eigenvalue weighted by molar-refractivity contribution is 0.108. The zero-order chi connectivity index (χ0) is 7.02. The summed E-state index contributed by atoms with van der Waals surface area (Å²) in [5, 5.41) is 9.38. The topological polar surface area (TPSA) is 20.2 Å². The third-order valence-corrected chi connectivity index (χ3v) is 1.94. The Kier molecular flexibility index (Phi) is 1.62. The molecule has 1 saturated carbocycles. The average Bonchev–Trinajstić information content (AvgIpc) is 2.44. The molecule has 52 valence electrons. The van der Waals surface area contributed by atoms with Gasteiger partial charge in [-0.25, -0.2) is 0 Å². The maximum absolute atomic E-state index is 9.38. The molecule has 0 unspecified atom stereocenters. The van der Waals surface area contributed by atoms with Crippen LogP contribution in [-0.2, 0) is 0 Å². The molecule has 0 aromatic carbocycles. The van der Waals surface area contributed by atoms with Crippen molar-refractivity contribution >= 4 is 0 Å². The summed E-state index contributed by atoms with van der Waals surface area (Å²) in [6, 6.07) is 0. The van der Waals surface area contributed by atoms with E-state index in [-0.39, 0.29) is 6.10 Å². The Bertz CT molecular complexity index is 127. The quantitative estimate of drug-likeness (QED) is 0.557. The largest absolute Gasteiger partial charge is 0.392 e. The first-order chi connectivity index (χ1) is 4.13. The molecule has 1 nitrogen and oxygen atoms in total. The minimum absolute atomic E-state index is 0.141. The van der Waals surface area contributed by atoms with Crippen molar-refractivity contribution in [1.82, 2.24) is 0 Å². The Labute approximate surface area is 56.4 Å².